The van der Waals surface area contributed by atoms with Gasteiger partial charge < -0.3 is 1.43 Å². The third-order valence-electron chi connectivity index (χ3n) is 0. The molecule has 0 aromatic carbocycles. The molecule has 0 spiro atoms. The largest absolute Gasteiger partial charge is 1.00 e. The van der Waals surface area contributed by atoms with Gasteiger partial charge >= 0.3 is 48.6 Å². The minimum atomic E-state index is 0. The topological polar surface area (TPSA) is 0 Å². The Kier molecular flexibility index (Phi) is 20.0. The fraction of sp³-hybridized carbons (Fsp3) is 0. The molecule has 18 valence electrons. The van der Waals surface area contributed by atoms with Gasteiger partial charge in [-0.2, -0.15) is 0 Å². The van der Waals surface area contributed by atoms with Crippen LogP contribution in [0, 0.1) is 0 Å². The zero-order valence-corrected chi connectivity index (χ0v) is 4.79. The Labute approximate surface area is 50.1 Å². The molecular weight excluding hydrogens is 102 g/mol. The third-order valence-corrected chi connectivity index (χ3v) is 0. The first-order chi connectivity index (χ1) is 1.41. The van der Waals surface area contributed by atoms with Crippen molar-refractivity contribution in [3.8, 4) is 0 Å². The molecule has 0 unspecified atom stereocenters. The molecule has 0 rings (SSSR count). The van der Waals surface area contributed by atoms with Crippen LogP contribution < -0.4 is 18.9 Å². The van der Waals surface area contributed by atoms with Crippen molar-refractivity contribution in [2.45, 2.75) is 0 Å². The molecule has 0 aliphatic rings. The van der Waals surface area contributed by atoms with Crippen molar-refractivity contribution in [1.82, 2.24) is 0 Å². The van der Waals surface area contributed by atoms with Crippen LogP contribution in [0.3, 0.4) is 0 Å². The van der Waals surface area contributed by atoms with Crippen LogP contribution in [0.5, 0.6) is 0 Å². The summed E-state index contributed by atoms with van der Waals surface area (Å²) in [5, 5.41) is 0. The SMILES string of the molecule is S=[P+]=S.[H-].[Li+]. The van der Waals surface area contributed by atoms with Gasteiger partial charge in [0.25, 0.3) is 0 Å². The fourth-order valence-corrected chi connectivity index (χ4v) is 0. The quantitative estimate of drug-likeness (QED) is 0.256. The second kappa shape index (κ2) is 8.82. The van der Waals surface area contributed by atoms with Gasteiger partial charge in [-0.3, -0.25) is 0 Å². The van der Waals surface area contributed by atoms with Crippen molar-refractivity contribution in [1.29, 1.82) is 0 Å². The molecule has 0 amide bonds. The average molecular weight is 103 g/mol. The third kappa shape index (κ3) is 9.80. The van der Waals surface area contributed by atoms with E-state index in [0.29, 0.717) is 6.13 Å². The fourth-order valence-electron chi connectivity index (χ4n) is 0. The molecule has 0 heterocycles. The Morgan fingerprint density at radius 3 is 1.50 bits per heavy atom. The van der Waals surface area contributed by atoms with Gasteiger partial charge in [0.1, 0.15) is 0 Å². The first-order valence-electron chi connectivity index (χ1n) is 0.365. The predicted molar refractivity (Wildman–Crippen MR) is 22.8 cm³/mol. The zero-order chi connectivity index (χ0) is 2.71. The smallest absolute Gasteiger partial charge is 1.00 e. The van der Waals surface area contributed by atoms with Crippen molar-refractivity contribution in [3.63, 3.8) is 0 Å². The van der Waals surface area contributed by atoms with Crippen LogP contribution >= 0.6 is 6.13 Å². The Balaban J connectivity index is -0.0000000200. The molecule has 0 aromatic rings. The zero-order valence-electron chi connectivity index (χ0n) is 3.26. The maximum absolute atomic E-state index is 4.18. The first kappa shape index (κ1) is 9.08. The van der Waals surface area contributed by atoms with Crippen molar-refractivity contribution in [3.05, 3.63) is 0 Å². The number of rotatable bonds is 0. The average Bonchev–Trinajstić information content (AvgIpc) is 0.918. The number of hydrogen-bond acceptors (Lipinski definition) is 2. The van der Waals surface area contributed by atoms with Gasteiger partial charge in [0.15, 0.2) is 0 Å². The van der Waals surface area contributed by atoms with E-state index in [2.05, 4.69) is 23.6 Å². The molecule has 0 aliphatic carbocycles. The van der Waals surface area contributed by atoms with Crippen LogP contribution in [0.25, 0.3) is 0 Å². The molecule has 0 nitrogen and oxygen atoms in total. The van der Waals surface area contributed by atoms with Gasteiger partial charge in [-0.25, -0.2) is 0 Å². The van der Waals surface area contributed by atoms with Gasteiger partial charge in [-0.15, -0.1) is 0 Å². The summed E-state index contributed by atoms with van der Waals surface area (Å²) in [5.41, 5.74) is 0. The molecule has 0 fully saturated rings. The second-order valence-corrected chi connectivity index (χ2v) is 2.01. The molecule has 0 N–H and O–H groups in total. The van der Waals surface area contributed by atoms with Crippen LogP contribution in [0.1, 0.15) is 1.43 Å². The van der Waals surface area contributed by atoms with E-state index in [4.69, 9.17) is 0 Å². The predicted octanol–water partition coefficient (Wildman–Crippen LogP) is -2.03. The summed E-state index contributed by atoms with van der Waals surface area (Å²) in [6.45, 7) is 0. The van der Waals surface area contributed by atoms with Crippen molar-refractivity contribution in [2.24, 2.45) is 0 Å². The van der Waals surface area contributed by atoms with E-state index in [0.717, 1.165) is 0 Å². The standard InChI is InChI=1S/Li.PS2.H/c;2-1-3;/q2*+1;-1. The van der Waals surface area contributed by atoms with E-state index >= 15 is 0 Å². The summed E-state index contributed by atoms with van der Waals surface area (Å²) in [5.74, 6) is 0. The maximum atomic E-state index is 4.18. The van der Waals surface area contributed by atoms with E-state index in [1.54, 1.807) is 0 Å². The maximum Gasteiger partial charge on any atom is 1.00 e. The molecule has 0 saturated carbocycles. The van der Waals surface area contributed by atoms with Crippen molar-refractivity contribution in [2.75, 3.05) is 0 Å². The van der Waals surface area contributed by atoms with Crippen LogP contribution in [0.15, 0.2) is 0 Å². The van der Waals surface area contributed by atoms with Gasteiger partial charge in [0.05, 0.1) is 0 Å². The summed E-state index contributed by atoms with van der Waals surface area (Å²) >= 11 is 8.36. The van der Waals surface area contributed by atoms with Gasteiger partial charge in [0.2, 0.25) is 0 Å². The van der Waals surface area contributed by atoms with Gasteiger partial charge in [-0.05, 0) is 0 Å². The molecule has 0 radical (unpaired) electrons. The summed E-state index contributed by atoms with van der Waals surface area (Å²) in [4.78, 5) is 0. The molecule has 0 bridgehead atoms. The second-order valence-electron chi connectivity index (χ2n) is 0.0745. The minimum Gasteiger partial charge on any atom is -1.00 e. The summed E-state index contributed by atoms with van der Waals surface area (Å²) in [6, 6.07) is 0. The van der Waals surface area contributed by atoms with E-state index in [9.17, 15) is 0 Å². The van der Waals surface area contributed by atoms with Gasteiger partial charge in [-0.1, -0.05) is 0 Å². The van der Waals surface area contributed by atoms with E-state index in [-0.39, 0.29) is 20.3 Å². The van der Waals surface area contributed by atoms with Crippen molar-refractivity contribution >= 4 is 29.7 Å². The minimum absolute atomic E-state index is 0. The Hall–Kier alpha value is 1.47. The van der Waals surface area contributed by atoms with Crippen LogP contribution in [0.4, 0.5) is 0 Å². The van der Waals surface area contributed by atoms with Crippen molar-refractivity contribution < 1.29 is 20.3 Å². The Bertz CT molecular complexity index is 30.6. The molecule has 0 saturated heterocycles. The summed E-state index contributed by atoms with van der Waals surface area (Å²) in [6.07, 6.45) is 0.583. The molecular formula is HLiPS2+. The molecule has 4 heavy (non-hydrogen) atoms. The molecule has 4 heteroatoms. The Morgan fingerprint density at radius 2 is 1.50 bits per heavy atom. The van der Waals surface area contributed by atoms with Crippen LogP contribution in [-0.4, -0.2) is 0 Å². The molecule has 0 atom stereocenters. The van der Waals surface area contributed by atoms with E-state index < -0.39 is 0 Å². The molecule has 0 aromatic heterocycles. The number of hydrogen-bond donors (Lipinski definition) is 0. The summed E-state index contributed by atoms with van der Waals surface area (Å²) in [7, 11) is 0. The monoisotopic (exact) mass is 103 g/mol. The van der Waals surface area contributed by atoms with Crippen LogP contribution in [-0.2, 0) is 23.6 Å². The normalized spacial score (nSPS) is 2.00. The molecule has 0 aliphatic heterocycles. The van der Waals surface area contributed by atoms with Crippen LogP contribution in [0.2, 0.25) is 0 Å². The van der Waals surface area contributed by atoms with E-state index in [1.807, 2.05) is 0 Å². The van der Waals surface area contributed by atoms with E-state index in [1.165, 1.54) is 0 Å². The Morgan fingerprint density at radius 1 is 1.50 bits per heavy atom. The van der Waals surface area contributed by atoms with Gasteiger partial charge in [0, 0.05) is 0 Å². The summed E-state index contributed by atoms with van der Waals surface area (Å²) < 4.78 is 0. The first-order valence-corrected chi connectivity index (χ1v) is 3.29.